The molecule has 0 radical (unpaired) electrons. The Balaban J connectivity index is 2.29. The fourth-order valence-corrected chi connectivity index (χ4v) is 1.72. The molecule has 2 nitrogen and oxygen atoms in total. The second kappa shape index (κ2) is 5.07. The molecule has 0 fully saturated rings. The molecule has 0 heterocycles. The van der Waals surface area contributed by atoms with Gasteiger partial charge in [-0.15, -0.1) is 0 Å². The molecule has 0 aromatic heterocycles. The van der Waals surface area contributed by atoms with E-state index in [-0.39, 0.29) is 5.02 Å². The van der Waals surface area contributed by atoms with Crippen molar-refractivity contribution in [3.05, 3.63) is 58.4 Å². The summed E-state index contributed by atoms with van der Waals surface area (Å²) in [6.07, 6.45) is 0. The van der Waals surface area contributed by atoms with Gasteiger partial charge in [0.2, 0.25) is 0 Å². The number of nitrogens with zero attached hydrogens (tertiary/aromatic N) is 1. The molecule has 0 N–H and O–H groups in total. The summed E-state index contributed by atoms with van der Waals surface area (Å²) in [6.45, 7) is 1.82. The Morgan fingerprint density at radius 1 is 1.22 bits per heavy atom. The highest BCUT2D eigenvalue weighted by atomic mass is 35.5. The maximum Gasteiger partial charge on any atom is 0.146 e. The molecule has 0 bridgehead atoms. The second-order valence-electron chi connectivity index (χ2n) is 3.77. The van der Waals surface area contributed by atoms with Crippen molar-refractivity contribution in [3.8, 4) is 17.6 Å². The molecule has 0 unspecified atom stereocenters. The van der Waals surface area contributed by atoms with Crippen LogP contribution in [0.3, 0.4) is 0 Å². The molecule has 0 aliphatic rings. The van der Waals surface area contributed by atoms with Crippen LogP contribution in [0.25, 0.3) is 0 Å². The fourth-order valence-electron chi connectivity index (χ4n) is 1.51. The minimum atomic E-state index is -0.414. The standard InChI is InChI=1S/C14H9ClFNO/c1-9-6-12(4-2-10(9)8-17)18-14-5-3-11(16)7-13(14)15/h2-7H,1H3. The average molecular weight is 262 g/mol. The zero-order valence-corrected chi connectivity index (χ0v) is 10.3. The summed E-state index contributed by atoms with van der Waals surface area (Å²) >= 11 is 5.86. The maximum atomic E-state index is 12.9. The Labute approximate surface area is 109 Å². The Morgan fingerprint density at radius 2 is 2.00 bits per heavy atom. The van der Waals surface area contributed by atoms with Crippen molar-refractivity contribution in [1.82, 2.24) is 0 Å². The Bertz CT molecular complexity index is 634. The van der Waals surface area contributed by atoms with Gasteiger partial charge in [0.1, 0.15) is 17.3 Å². The van der Waals surface area contributed by atoms with Crippen LogP contribution in [0.5, 0.6) is 11.5 Å². The van der Waals surface area contributed by atoms with Gasteiger partial charge in [-0.3, -0.25) is 0 Å². The van der Waals surface area contributed by atoms with Crippen molar-refractivity contribution < 1.29 is 9.13 Å². The lowest BCUT2D eigenvalue weighted by Gasteiger charge is -2.08. The number of aryl methyl sites for hydroxylation is 1. The molecule has 2 rings (SSSR count). The van der Waals surface area contributed by atoms with Crippen molar-refractivity contribution in [2.45, 2.75) is 6.92 Å². The molecule has 0 atom stereocenters. The molecule has 0 saturated heterocycles. The largest absolute Gasteiger partial charge is 0.456 e. The van der Waals surface area contributed by atoms with Gasteiger partial charge in [-0.25, -0.2) is 4.39 Å². The maximum absolute atomic E-state index is 12.9. The van der Waals surface area contributed by atoms with E-state index in [0.29, 0.717) is 17.1 Å². The van der Waals surface area contributed by atoms with Crippen molar-refractivity contribution in [1.29, 1.82) is 5.26 Å². The van der Waals surface area contributed by atoms with Gasteiger partial charge in [0.05, 0.1) is 16.7 Å². The van der Waals surface area contributed by atoms with E-state index < -0.39 is 5.82 Å². The number of nitriles is 1. The van der Waals surface area contributed by atoms with Crippen LogP contribution in [0.2, 0.25) is 5.02 Å². The molecule has 0 saturated carbocycles. The lowest BCUT2D eigenvalue weighted by molar-refractivity contribution is 0.480. The van der Waals surface area contributed by atoms with E-state index >= 15 is 0 Å². The molecule has 0 amide bonds. The molecule has 0 spiro atoms. The highest BCUT2D eigenvalue weighted by Crippen LogP contribution is 2.30. The predicted molar refractivity (Wildman–Crippen MR) is 67.4 cm³/mol. The van der Waals surface area contributed by atoms with Crippen LogP contribution in [-0.4, -0.2) is 0 Å². The summed E-state index contributed by atoms with van der Waals surface area (Å²) in [5, 5.41) is 9.03. The third kappa shape index (κ3) is 2.61. The molecular weight excluding hydrogens is 253 g/mol. The van der Waals surface area contributed by atoms with Gasteiger partial charge >= 0.3 is 0 Å². The zero-order valence-electron chi connectivity index (χ0n) is 9.58. The fraction of sp³-hybridized carbons (Fsp3) is 0.0714. The number of benzene rings is 2. The van der Waals surface area contributed by atoms with Crippen LogP contribution in [0.15, 0.2) is 36.4 Å². The van der Waals surface area contributed by atoms with Gasteiger partial charge in [0, 0.05) is 0 Å². The summed E-state index contributed by atoms with van der Waals surface area (Å²) in [5.74, 6) is 0.519. The quantitative estimate of drug-likeness (QED) is 0.800. The van der Waals surface area contributed by atoms with Crippen LogP contribution < -0.4 is 4.74 Å². The molecule has 0 aliphatic carbocycles. The summed E-state index contributed by atoms with van der Waals surface area (Å²) < 4.78 is 18.4. The van der Waals surface area contributed by atoms with E-state index in [9.17, 15) is 4.39 Å². The normalized spacial score (nSPS) is 9.89. The number of rotatable bonds is 2. The molecule has 0 aliphatic heterocycles. The van der Waals surface area contributed by atoms with Crippen LogP contribution in [-0.2, 0) is 0 Å². The number of hydrogen-bond donors (Lipinski definition) is 0. The molecule has 18 heavy (non-hydrogen) atoms. The van der Waals surface area contributed by atoms with Gasteiger partial charge in [0.15, 0.2) is 0 Å². The van der Waals surface area contributed by atoms with Crippen molar-refractivity contribution in [2.75, 3.05) is 0 Å². The SMILES string of the molecule is Cc1cc(Oc2ccc(F)cc2Cl)ccc1C#N. The predicted octanol–water partition coefficient (Wildman–Crippen LogP) is 4.45. The van der Waals surface area contributed by atoms with E-state index in [1.165, 1.54) is 18.2 Å². The van der Waals surface area contributed by atoms with Crippen LogP contribution >= 0.6 is 11.6 Å². The first-order valence-corrected chi connectivity index (χ1v) is 5.61. The van der Waals surface area contributed by atoms with Crippen molar-refractivity contribution in [3.63, 3.8) is 0 Å². The number of ether oxygens (including phenoxy) is 1. The lowest BCUT2D eigenvalue weighted by Crippen LogP contribution is -1.89. The van der Waals surface area contributed by atoms with E-state index in [0.717, 1.165) is 5.56 Å². The van der Waals surface area contributed by atoms with E-state index in [1.807, 2.05) is 6.92 Å². The zero-order chi connectivity index (χ0) is 13.1. The Morgan fingerprint density at radius 3 is 2.61 bits per heavy atom. The highest BCUT2D eigenvalue weighted by Gasteiger charge is 2.06. The van der Waals surface area contributed by atoms with E-state index in [1.54, 1.807) is 18.2 Å². The molecule has 2 aromatic carbocycles. The summed E-state index contributed by atoms with van der Waals surface area (Å²) in [6, 6.07) is 11.1. The van der Waals surface area contributed by atoms with Crippen molar-refractivity contribution in [2.24, 2.45) is 0 Å². The monoisotopic (exact) mass is 261 g/mol. The van der Waals surface area contributed by atoms with Gasteiger partial charge in [-0.05, 0) is 48.9 Å². The first-order valence-electron chi connectivity index (χ1n) is 5.24. The van der Waals surface area contributed by atoms with Gasteiger partial charge in [0.25, 0.3) is 0 Å². The second-order valence-corrected chi connectivity index (χ2v) is 4.17. The van der Waals surface area contributed by atoms with Gasteiger partial charge < -0.3 is 4.74 Å². The first kappa shape index (κ1) is 12.4. The van der Waals surface area contributed by atoms with Gasteiger partial charge in [-0.1, -0.05) is 11.6 Å². The molecule has 4 heteroatoms. The third-order valence-electron chi connectivity index (χ3n) is 2.44. The number of hydrogen-bond acceptors (Lipinski definition) is 2. The Hall–Kier alpha value is -2.05. The van der Waals surface area contributed by atoms with Crippen LogP contribution in [0.4, 0.5) is 4.39 Å². The van der Waals surface area contributed by atoms with Crippen LogP contribution in [0.1, 0.15) is 11.1 Å². The molecule has 2 aromatic rings. The first-order chi connectivity index (χ1) is 8.60. The van der Waals surface area contributed by atoms with Crippen molar-refractivity contribution >= 4 is 11.6 Å². The minimum absolute atomic E-state index is 0.206. The molecular formula is C14H9ClFNO. The average Bonchev–Trinajstić information content (AvgIpc) is 2.33. The van der Waals surface area contributed by atoms with Crippen LogP contribution in [0, 0.1) is 24.1 Å². The Kier molecular flexibility index (Phi) is 3.50. The third-order valence-corrected chi connectivity index (χ3v) is 2.74. The van der Waals surface area contributed by atoms with Gasteiger partial charge in [-0.2, -0.15) is 5.26 Å². The molecule has 90 valence electrons. The topological polar surface area (TPSA) is 33.0 Å². The number of halogens is 2. The summed E-state index contributed by atoms with van der Waals surface area (Å²) in [7, 11) is 0. The minimum Gasteiger partial charge on any atom is -0.456 e. The van der Waals surface area contributed by atoms with E-state index in [2.05, 4.69) is 6.07 Å². The summed E-state index contributed by atoms with van der Waals surface area (Å²) in [5.41, 5.74) is 1.40. The highest BCUT2D eigenvalue weighted by molar-refractivity contribution is 6.32. The summed E-state index contributed by atoms with van der Waals surface area (Å²) in [4.78, 5) is 0. The smallest absolute Gasteiger partial charge is 0.146 e. The lowest BCUT2D eigenvalue weighted by atomic mass is 10.1. The van der Waals surface area contributed by atoms with E-state index in [4.69, 9.17) is 21.6 Å².